The standard InChI is InChI=1S/C13H16N2O7S3/c16-13-6-8-24(19,20)15(13)11-1-3-12(4-2-11)25(21,22)14-10-5-7-23(17,18)9-10/h1-4,10,14H,5-9H2/t10-/m0/s1. The zero-order chi connectivity index (χ0) is 18.5. The van der Waals surface area contributed by atoms with E-state index >= 15 is 0 Å². The fourth-order valence-electron chi connectivity index (χ4n) is 2.80. The molecule has 0 bridgehead atoms. The number of nitrogens with zero attached hydrogens (tertiary/aromatic N) is 1. The molecule has 2 fully saturated rings. The van der Waals surface area contributed by atoms with Gasteiger partial charge in [0.15, 0.2) is 9.84 Å². The largest absolute Gasteiger partial charge is 0.273 e. The first-order valence-corrected chi connectivity index (χ1v) is 12.3. The van der Waals surface area contributed by atoms with Crippen molar-refractivity contribution in [2.75, 3.05) is 21.6 Å². The maximum absolute atomic E-state index is 12.3. The van der Waals surface area contributed by atoms with E-state index in [4.69, 9.17) is 0 Å². The van der Waals surface area contributed by atoms with Gasteiger partial charge in [-0.3, -0.25) is 4.79 Å². The quantitative estimate of drug-likeness (QED) is 0.690. The number of hydrogen-bond donors (Lipinski definition) is 1. The van der Waals surface area contributed by atoms with Gasteiger partial charge in [0, 0.05) is 12.5 Å². The average Bonchev–Trinajstić information content (AvgIpc) is 2.97. The predicted octanol–water partition coefficient (Wildman–Crippen LogP) is -0.781. The normalized spacial score (nSPS) is 25.4. The van der Waals surface area contributed by atoms with Crippen LogP contribution in [0.4, 0.5) is 5.69 Å². The molecule has 0 aromatic heterocycles. The van der Waals surface area contributed by atoms with Crippen LogP contribution in [0, 0.1) is 0 Å². The van der Waals surface area contributed by atoms with Crippen LogP contribution in [-0.4, -0.2) is 54.5 Å². The van der Waals surface area contributed by atoms with Gasteiger partial charge in [-0.1, -0.05) is 0 Å². The highest BCUT2D eigenvalue weighted by Crippen LogP contribution is 2.26. The van der Waals surface area contributed by atoms with E-state index in [1.807, 2.05) is 0 Å². The highest BCUT2D eigenvalue weighted by atomic mass is 32.2. The Morgan fingerprint density at radius 2 is 1.68 bits per heavy atom. The SMILES string of the molecule is O=C1CCS(=O)(=O)N1c1ccc(S(=O)(=O)N[C@H]2CCS(=O)(=O)C2)cc1. The van der Waals surface area contributed by atoms with Crippen LogP contribution in [-0.2, 0) is 34.7 Å². The highest BCUT2D eigenvalue weighted by molar-refractivity contribution is 7.94. The summed E-state index contributed by atoms with van der Waals surface area (Å²) in [6, 6.07) is 4.15. The van der Waals surface area contributed by atoms with E-state index < -0.39 is 41.8 Å². The van der Waals surface area contributed by atoms with E-state index in [1.54, 1.807) is 0 Å². The molecule has 2 aliphatic heterocycles. The maximum atomic E-state index is 12.3. The molecule has 0 radical (unpaired) electrons. The summed E-state index contributed by atoms with van der Waals surface area (Å²) in [5.41, 5.74) is 0.0740. The molecular formula is C13H16N2O7S3. The molecule has 2 heterocycles. The van der Waals surface area contributed by atoms with Gasteiger partial charge in [-0.15, -0.1) is 0 Å². The summed E-state index contributed by atoms with van der Waals surface area (Å²) in [4.78, 5) is 11.6. The van der Waals surface area contributed by atoms with Crippen molar-refractivity contribution < 1.29 is 30.0 Å². The lowest BCUT2D eigenvalue weighted by Gasteiger charge is -2.16. The van der Waals surface area contributed by atoms with Gasteiger partial charge in [0.2, 0.25) is 26.0 Å². The molecule has 0 spiro atoms. The van der Waals surface area contributed by atoms with Crippen LogP contribution in [0.25, 0.3) is 0 Å². The van der Waals surface area contributed by atoms with Crippen LogP contribution in [0.3, 0.4) is 0 Å². The molecule has 1 amide bonds. The second kappa shape index (κ2) is 6.04. The van der Waals surface area contributed by atoms with E-state index in [2.05, 4.69) is 4.72 Å². The van der Waals surface area contributed by atoms with Crippen molar-refractivity contribution in [3.63, 3.8) is 0 Å². The van der Waals surface area contributed by atoms with Crippen LogP contribution in [0.5, 0.6) is 0 Å². The molecule has 1 N–H and O–H groups in total. The van der Waals surface area contributed by atoms with Crippen molar-refractivity contribution in [1.82, 2.24) is 4.72 Å². The van der Waals surface area contributed by atoms with Gasteiger partial charge in [-0.2, -0.15) is 0 Å². The number of rotatable bonds is 4. The van der Waals surface area contributed by atoms with Crippen LogP contribution in [0.1, 0.15) is 12.8 Å². The number of amides is 1. The van der Waals surface area contributed by atoms with Gasteiger partial charge in [0.25, 0.3) is 0 Å². The number of carbonyl (C=O) groups is 1. The van der Waals surface area contributed by atoms with E-state index in [9.17, 15) is 30.0 Å². The Labute approximate surface area is 146 Å². The minimum atomic E-state index is -3.94. The van der Waals surface area contributed by atoms with E-state index in [1.165, 1.54) is 24.3 Å². The Kier molecular flexibility index (Phi) is 4.42. The third kappa shape index (κ3) is 3.71. The number of sulfone groups is 1. The first-order valence-electron chi connectivity index (χ1n) is 7.39. The number of benzene rings is 1. The fraction of sp³-hybridized carbons (Fsp3) is 0.462. The van der Waals surface area contributed by atoms with E-state index in [0.29, 0.717) is 4.31 Å². The fourth-order valence-corrected chi connectivity index (χ4v) is 7.31. The van der Waals surface area contributed by atoms with Crippen LogP contribution in [0.15, 0.2) is 29.2 Å². The molecule has 12 heteroatoms. The van der Waals surface area contributed by atoms with Crippen molar-refractivity contribution in [3.05, 3.63) is 24.3 Å². The molecule has 0 saturated carbocycles. The Morgan fingerprint density at radius 3 is 2.16 bits per heavy atom. The molecule has 0 unspecified atom stereocenters. The Bertz CT molecular complexity index is 1010. The molecule has 0 aliphatic carbocycles. The van der Waals surface area contributed by atoms with Gasteiger partial charge in [-0.25, -0.2) is 34.3 Å². The summed E-state index contributed by atoms with van der Waals surface area (Å²) in [7, 11) is -10.9. The molecule has 25 heavy (non-hydrogen) atoms. The lowest BCUT2D eigenvalue weighted by molar-refractivity contribution is -0.116. The Balaban J connectivity index is 1.81. The number of carbonyl (C=O) groups excluding carboxylic acids is 1. The van der Waals surface area contributed by atoms with Crippen molar-refractivity contribution in [3.8, 4) is 0 Å². The van der Waals surface area contributed by atoms with Crippen molar-refractivity contribution in [2.45, 2.75) is 23.8 Å². The number of anilines is 1. The highest BCUT2D eigenvalue weighted by Gasteiger charge is 2.36. The van der Waals surface area contributed by atoms with Gasteiger partial charge in [0.05, 0.1) is 27.8 Å². The number of nitrogens with one attached hydrogen (secondary N) is 1. The summed E-state index contributed by atoms with van der Waals surface area (Å²) in [6.45, 7) is 0. The monoisotopic (exact) mass is 408 g/mol. The second-order valence-electron chi connectivity index (χ2n) is 5.94. The average molecular weight is 408 g/mol. The predicted molar refractivity (Wildman–Crippen MR) is 89.7 cm³/mol. The topological polar surface area (TPSA) is 135 Å². The second-order valence-corrected chi connectivity index (χ2v) is 11.8. The molecule has 1 aromatic carbocycles. The molecule has 1 aromatic rings. The third-order valence-electron chi connectivity index (χ3n) is 4.01. The molecule has 1 atom stereocenters. The van der Waals surface area contributed by atoms with Gasteiger partial charge in [-0.05, 0) is 30.7 Å². The van der Waals surface area contributed by atoms with Crippen molar-refractivity contribution in [1.29, 1.82) is 0 Å². The van der Waals surface area contributed by atoms with E-state index in [0.717, 1.165) is 0 Å². The van der Waals surface area contributed by atoms with Gasteiger partial charge in [0.1, 0.15) is 0 Å². The van der Waals surface area contributed by atoms with Crippen molar-refractivity contribution in [2.24, 2.45) is 0 Å². The third-order valence-corrected chi connectivity index (χ3v) is 9.01. The van der Waals surface area contributed by atoms with Crippen LogP contribution >= 0.6 is 0 Å². The summed E-state index contributed by atoms with van der Waals surface area (Å²) >= 11 is 0. The summed E-state index contributed by atoms with van der Waals surface area (Å²) in [6.07, 6.45) is 0.0975. The van der Waals surface area contributed by atoms with Gasteiger partial charge >= 0.3 is 0 Å². The lowest BCUT2D eigenvalue weighted by atomic mass is 10.3. The van der Waals surface area contributed by atoms with Crippen LogP contribution in [0.2, 0.25) is 0 Å². The number of sulfonamides is 2. The first kappa shape index (κ1) is 18.3. The molecular weight excluding hydrogens is 392 g/mol. The molecule has 9 nitrogen and oxygen atoms in total. The summed E-state index contributed by atoms with van der Waals surface area (Å²) < 4.78 is 74.2. The van der Waals surface area contributed by atoms with Gasteiger partial charge < -0.3 is 0 Å². The summed E-state index contributed by atoms with van der Waals surface area (Å²) in [5, 5.41) is 0. The molecule has 2 saturated heterocycles. The minimum absolute atomic E-state index is 0.0615. The number of hydrogen-bond acceptors (Lipinski definition) is 7. The minimum Gasteiger partial charge on any atom is -0.273 e. The zero-order valence-corrected chi connectivity index (χ0v) is 15.4. The lowest BCUT2D eigenvalue weighted by Crippen LogP contribution is -2.35. The Hall–Kier alpha value is -1.50. The summed E-state index contributed by atoms with van der Waals surface area (Å²) in [5.74, 6) is -1.15. The zero-order valence-electron chi connectivity index (χ0n) is 13.0. The molecule has 138 valence electrons. The first-order chi connectivity index (χ1) is 11.5. The molecule has 2 aliphatic rings. The molecule has 3 rings (SSSR count). The smallest absolute Gasteiger partial charge is 0.242 e. The maximum Gasteiger partial charge on any atom is 0.242 e. The van der Waals surface area contributed by atoms with Crippen molar-refractivity contribution >= 4 is 41.5 Å². The van der Waals surface area contributed by atoms with Crippen LogP contribution < -0.4 is 9.03 Å². The Morgan fingerprint density at radius 1 is 1.04 bits per heavy atom. The van der Waals surface area contributed by atoms with E-state index in [-0.39, 0.29) is 40.7 Å².